The van der Waals surface area contributed by atoms with Gasteiger partial charge in [0.1, 0.15) is 5.76 Å². The van der Waals surface area contributed by atoms with Gasteiger partial charge in [-0.25, -0.2) is 0 Å². The fraction of sp³-hybridized carbons (Fsp3) is 0.407. The molecule has 0 saturated carbocycles. The molecule has 2 aromatic rings. The summed E-state index contributed by atoms with van der Waals surface area (Å²) in [5, 5.41) is 1.86. The maximum absolute atomic E-state index is 5.92. The molecule has 1 aliphatic heterocycles. The normalized spacial score (nSPS) is 25.4. The van der Waals surface area contributed by atoms with Crippen molar-refractivity contribution < 1.29 is 4.42 Å². The molecule has 1 nitrogen and oxygen atoms in total. The smallest absolute Gasteiger partial charge is 0.137 e. The molecule has 2 atom stereocenters. The van der Waals surface area contributed by atoms with Gasteiger partial charge in [-0.1, -0.05) is 66.1 Å². The summed E-state index contributed by atoms with van der Waals surface area (Å²) in [6, 6.07) is 11.9. The van der Waals surface area contributed by atoms with E-state index < -0.39 is 8.07 Å². The van der Waals surface area contributed by atoms with E-state index in [2.05, 4.69) is 71.9 Å². The van der Waals surface area contributed by atoms with E-state index in [4.69, 9.17) is 4.42 Å². The lowest BCUT2D eigenvalue weighted by molar-refractivity contribution is 0.580. The van der Waals surface area contributed by atoms with Crippen LogP contribution < -0.4 is 0 Å². The van der Waals surface area contributed by atoms with E-state index in [9.17, 15) is 0 Å². The molecule has 0 radical (unpaired) electrons. The lowest BCUT2D eigenvalue weighted by Crippen LogP contribution is -2.51. The third-order valence-corrected chi connectivity index (χ3v) is 14.4. The van der Waals surface area contributed by atoms with Crippen LogP contribution in [0.1, 0.15) is 63.3 Å². The molecule has 0 bridgehead atoms. The van der Waals surface area contributed by atoms with Gasteiger partial charge in [0.25, 0.3) is 0 Å². The molecular formula is C27H32OSi. The molecule has 1 saturated heterocycles. The van der Waals surface area contributed by atoms with E-state index in [-0.39, 0.29) is 0 Å². The summed E-state index contributed by atoms with van der Waals surface area (Å²) in [6.45, 7) is 14.0. The third-order valence-electron chi connectivity index (χ3n) is 8.37. The van der Waals surface area contributed by atoms with Crippen molar-refractivity contribution in [3.8, 4) is 11.3 Å². The van der Waals surface area contributed by atoms with E-state index in [1.807, 2.05) is 11.5 Å². The van der Waals surface area contributed by atoms with Gasteiger partial charge in [-0.2, -0.15) is 0 Å². The van der Waals surface area contributed by atoms with E-state index in [1.54, 1.807) is 22.3 Å². The number of rotatable bonds is 3. The predicted molar refractivity (Wildman–Crippen MR) is 125 cm³/mol. The van der Waals surface area contributed by atoms with Crippen LogP contribution in [-0.4, -0.2) is 8.07 Å². The summed E-state index contributed by atoms with van der Waals surface area (Å²) in [5.74, 6) is 1.67. The largest absolute Gasteiger partial charge is 0.464 e. The van der Waals surface area contributed by atoms with Crippen molar-refractivity contribution in [2.24, 2.45) is 5.92 Å². The summed E-state index contributed by atoms with van der Waals surface area (Å²) in [4.78, 5) is 0. The summed E-state index contributed by atoms with van der Waals surface area (Å²) >= 11 is 0. The third kappa shape index (κ3) is 2.45. The van der Waals surface area contributed by atoms with Crippen LogP contribution in [0.25, 0.3) is 16.9 Å². The second kappa shape index (κ2) is 6.47. The van der Waals surface area contributed by atoms with Crippen molar-refractivity contribution in [1.29, 1.82) is 0 Å². The first kappa shape index (κ1) is 18.9. The number of allylic oxidation sites excluding steroid dienone is 6. The van der Waals surface area contributed by atoms with Gasteiger partial charge in [0, 0.05) is 11.1 Å². The van der Waals surface area contributed by atoms with Gasteiger partial charge in [-0.05, 0) is 74.4 Å². The van der Waals surface area contributed by atoms with Gasteiger partial charge in [-0.3, -0.25) is 0 Å². The zero-order valence-corrected chi connectivity index (χ0v) is 19.6. The average Bonchev–Trinajstić information content (AvgIpc) is 3.30. The molecule has 2 heterocycles. The maximum atomic E-state index is 5.92. The molecular weight excluding hydrogens is 368 g/mol. The number of hydrogen-bond donors (Lipinski definition) is 0. The fourth-order valence-corrected chi connectivity index (χ4v) is 12.5. The number of aryl methyl sites for hydroxylation is 1. The van der Waals surface area contributed by atoms with Crippen LogP contribution in [0.4, 0.5) is 0 Å². The van der Waals surface area contributed by atoms with Crippen molar-refractivity contribution >= 4 is 13.6 Å². The molecule has 0 N–H and O–H groups in total. The highest BCUT2D eigenvalue weighted by atomic mass is 28.3. The summed E-state index contributed by atoms with van der Waals surface area (Å²) in [7, 11) is -1.57. The Morgan fingerprint density at radius 2 is 1.72 bits per heavy atom. The Morgan fingerprint density at radius 1 is 0.966 bits per heavy atom. The molecule has 2 unspecified atom stereocenters. The first-order valence-corrected chi connectivity index (χ1v) is 13.6. The second-order valence-electron chi connectivity index (χ2n) is 9.61. The quantitative estimate of drug-likeness (QED) is 0.476. The SMILES string of the molecule is CC1=CC([Si]2(C3=C(C)C(C)=C(C)C3C)CCC2)c2cccc(-c3occc3C)c21. The van der Waals surface area contributed by atoms with E-state index in [1.165, 1.54) is 40.8 Å². The number of furan rings is 1. The molecule has 2 aliphatic carbocycles. The maximum Gasteiger partial charge on any atom is 0.137 e. The average molecular weight is 401 g/mol. The van der Waals surface area contributed by atoms with Crippen molar-refractivity contribution in [1.82, 2.24) is 0 Å². The molecule has 150 valence electrons. The van der Waals surface area contributed by atoms with Gasteiger partial charge in [0.05, 0.1) is 14.3 Å². The van der Waals surface area contributed by atoms with Crippen LogP contribution >= 0.6 is 0 Å². The van der Waals surface area contributed by atoms with Gasteiger partial charge >= 0.3 is 0 Å². The van der Waals surface area contributed by atoms with Crippen LogP contribution in [0, 0.1) is 12.8 Å². The summed E-state index contributed by atoms with van der Waals surface area (Å²) < 4.78 is 5.92. The van der Waals surface area contributed by atoms with E-state index >= 15 is 0 Å². The first-order chi connectivity index (χ1) is 13.9. The Bertz CT molecular complexity index is 1100. The Balaban J connectivity index is 1.67. The Labute approximate surface area is 176 Å². The monoisotopic (exact) mass is 400 g/mol. The van der Waals surface area contributed by atoms with Crippen molar-refractivity contribution in [3.63, 3.8) is 0 Å². The minimum absolute atomic E-state index is 0.618. The van der Waals surface area contributed by atoms with Gasteiger partial charge in [0.2, 0.25) is 0 Å². The summed E-state index contributed by atoms with van der Waals surface area (Å²) in [6.07, 6.45) is 5.86. The molecule has 0 spiro atoms. The molecule has 5 rings (SSSR count). The van der Waals surface area contributed by atoms with Gasteiger partial charge < -0.3 is 4.42 Å². The van der Waals surface area contributed by atoms with E-state index in [0.29, 0.717) is 11.5 Å². The second-order valence-corrected chi connectivity index (χ2v) is 14.1. The number of hydrogen-bond acceptors (Lipinski definition) is 1. The molecule has 29 heavy (non-hydrogen) atoms. The standard InChI is InChI=1S/C27H32OSi/c1-16-11-12-28-26(16)23-10-7-9-22-24(15-17(2)25(22)23)29(13-8-14-29)27-20(5)18(3)19(4)21(27)6/h7,9-12,15,20,24H,8,13-14H2,1-6H3. The molecule has 1 fully saturated rings. The molecule has 0 amide bonds. The number of fused-ring (bicyclic) bond motifs is 1. The van der Waals surface area contributed by atoms with Crippen LogP contribution in [0.2, 0.25) is 12.1 Å². The topological polar surface area (TPSA) is 13.1 Å². The highest BCUT2D eigenvalue weighted by Gasteiger charge is 2.53. The fourth-order valence-electron chi connectivity index (χ4n) is 6.46. The van der Waals surface area contributed by atoms with Gasteiger partial charge in [0.15, 0.2) is 0 Å². The van der Waals surface area contributed by atoms with Crippen molar-refractivity contribution in [2.75, 3.05) is 0 Å². The summed E-state index contributed by atoms with van der Waals surface area (Å²) in [5.41, 5.74) is 12.4. The minimum atomic E-state index is -1.57. The Kier molecular flexibility index (Phi) is 4.22. The van der Waals surface area contributed by atoms with Crippen LogP contribution in [-0.2, 0) is 0 Å². The van der Waals surface area contributed by atoms with Crippen molar-refractivity contribution in [2.45, 2.75) is 65.6 Å². The Hall–Kier alpha value is -2.06. The molecule has 3 aliphatic rings. The van der Waals surface area contributed by atoms with Crippen molar-refractivity contribution in [3.05, 3.63) is 75.2 Å². The predicted octanol–water partition coefficient (Wildman–Crippen LogP) is 7.99. The number of benzene rings is 1. The van der Waals surface area contributed by atoms with E-state index in [0.717, 1.165) is 5.76 Å². The zero-order valence-electron chi connectivity index (χ0n) is 18.6. The minimum Gasteiger partial charge on any atom is -0.464 e. The first-order valence-electron chi connectivity index (χ1n) is 11.1. The highest BCUT2D eigenvalue weighted by Crippen LogP contribution is 2.58. The van der Waals surface area contributed by atoms with Crippen LogP contribution in [0.3, 0.4) is 0 Å². The lowest BCUT2D eigenvalue weighted by Gasteiger charge is -2.48. The molecule has 1 aromatic heterocycles. The molecule has 1 aromatic carbocycles. The zero-order chi connectivity index (χ0) is 20.5. The highest BCUT2D eigenvalue weighted by molar-refractivity contribution is 6.90. The Morgan fingerprint density at radius 3 is 2.28 bits per heavy atom. The van der Waals surface area contributed by atoms with Gasteiger partial charge in [-0.15, -0.1) is 0 Å². The van der Waals surface area contributed by atoms with Crippen LogP contribution in [0.15, 0.2) is 62.9 Å². The lowest BCUT2D eigenvalue weighted by atomic mass is 9.96. The molecule has 2 heteroatoms. The van der Waals surface area contributed by atoms with Crippen LogP contribution in [0.5, 0.6) is 0 Å².